The van der Waals surface area contributed by atoms with E-state index in [9.17, 15) is 0 Å². The van der Waals surface area contributed by atoms with Gasteiger partial charge in [-0.15, -0.1) is 0 Å². The molecule has 0 radical (unpaired) electrons. The third-order valence-electron chi connectivity index (χ3n) is 2.86. The summed E-state index contributed by atoms with van der Waals surface area (Å²) in [7, 11) is 0. The lowest BCUT2D eigenvalue weighted by molar-refractivity contribution is 0.387. The minimum atomic E-state index is 0.570. The molecule has 8 nitrogen and oxygen atoms in total. The molecule has 20 heavy (non-hydrogen) atoms. The van der Waals surface area contributed by atoms with Gasteiger partial charge in [0.15, 0.2) is 5.82 Å². The number of anilines is 2. The molecule has 8 heteroatoms. The van der Waals surface area contributed by atoms with Gasteiger partial charge < -0.3 is 15.3 Å². The lowest BCUT2D eigenvalue weighted by Crippen LogP contribution is -2.16. The number of nitrogens with zero attached hydrogens (tertiary/aromatic N) is 4. The number of hydrogen-bond acceptors (Lipinski definition) is 8. The van der Waals surface area contributed by atoms with E-state index in [4.69, 9.17) is 10.4 Å². The number of hydrazine groups is 1. The third-order valence-corrected chi connectivity index (χ3v) is 2.86. The number of rotatable bonds is 6. The standard InChI is InChI=1S/C12H19N7O/c1-4-9-16-11(7(2)12(17-9)18-13)14-6-5-10-15-8(3)20-19-10/h4-6,13H2,1-3H3,(H2,14,16,17,18). The Kier molecular flexibility index (Phi) is 4.46. The quantitative estimate of drug-likeness (QED) is 0.528. The Morgan fingerprint density at radius 3 is 2.45 bits per heavy atom. The zero-order valence-corrected chi connectivity index (χ0v) is 11.9. The molecule has 0 aliphatic rings. The summed E-state index contributed by atoms with van der Waals surface area (Å²) in [5.74, 6) is 8.85. The van der Waals surface area contributed by atoms with E-state index in [1.807, 2.05) is 13.8 Å². The van der Waals surface area contributed by atoms with E-state index in [0.29, 0.717) is 30.5 Å². The molecule has 4 N–H and O–H groups in total. The van der Waals surface area contributed by atoms with Gasteiger partial charge in [-0.25, -0.2) is 15.8 Å². The average molecular weight is 277 g/mol. The third kappa shape index (κ3) is 3.21. The van der Waals surface area contributed by atoms with Gasteiger partial charge in [0.05, 0.1) is 0 Å². The second-order valence-corrected chi connectivity index (χ2v) is 4.37. The van der Waals surface area contributed by atoms with Crippen molar-refractivity contribution in [2.75, 3.05) is 17.3 Å². The van der Waals surface area contributed by atoms with Crippen LogP contribution in [0.5, 0.6) is 0 Å². The minimum absolute atomic E-state index is 0.570. The molecular weight excluding hydrogens is 258 g/mol. The van der Waals surface area contributed by atoms with Crippen LogP contribution < -0.4 is 16.6 Å². The molecule has 2 aromatic heterocycles. The molecule has 0 fully saturated rings. The molecule has 0 aliphatic carbocycles. The van der Waals surface area contributed by atoms with Crippen LogP contribution in [0.3, 0.4) is 0 Å². The summed E-state index contributed by atoms with van der Waals surface area (Å²) in [6.45, 7) is 6.33. The summed E-state index contributed by atoms with van der Waals surface area (Å²) in [6.07, 6.45) is 1.40. The molecular formula is C12H19N7O. The largest absolute Gasteiger partial charge is 0.369 e. The van der Waals surface area contributed by atoms with Crippen LogP contribution in [-0.4, -0.2) is 26.7 Å². The summed E-state index contributed by atoms with van der Waals surface area (Å²) >= 11 is 0. The molecule has 108 valence electrons. The number of aromatic nitrogens is 4. The van der Waals surface area contributed by atoms with Crippen LogP contribution >= 0.6 is 0 Å². The Balaban J connectivity index is 2.04. The predicted molar refractivity (Wildman–Crippen MR) is 75.2 cm³/mol. The van der Waals surface area contributed by atoms with Gasteiger partial charge in [0.2, 0.25) is 5.89 Å². The highest BCUT2D eigenvalue weighted by atomic mass is 16.5. The lowest BCUT2D eigenvalue weighted by Gasteiger charge is -2.12. The number of aryl methyl sites for hydroxylation is 2. The SMILES string of the molecule is CCc1nc(NN)c(C)c(NCCc2noc(C)n2)n1. The van der Waals surface area contributed by atoms with Gasteiger partial charge in [-0.1, -0.05) is 12.1 Å². The van der Waals surface area contributed by atoms with E-state index in [2.05, 4.69) is 30.9 Å². The smallest absolute Gasteiger partial charge is 0.223 e. The fourth-order valence-corrected chi connectivity index (χ4v) is 1.77. The van der Waals surface area contributed by atoms with Crippen LogP contribution in [0.1, 0.15) is 30.0 Å². The van der Waals surface area contributed by atoms with Crippen molar-refractivity contribution in [3.8, 4) is 0 Å². The van der Waals surface area contributed by atoms with E-state index < -0.39 is 0 Å². The van der Waals surface area contributed by atoms with Gasteiger partial charge in [-0.3, -0.25) is 0 Å². The molecule has 0 saturated heterocycles. The number of nitrogen functional groups attached to an aromatic ring is 1. The zero-order valence-electron chi connectivity index (χ0n) is 11.9. The second-order valence-electron chi connectivity index (χ2n) is 4.37. The minimum Gasteiger partial charge on any atom is -0.369 e. The molecule has 0 aliphatic heterocycles. The Hall–Kier alpha value is -2.22. The highest BCUT2D eigenvalue weighted by Crippen LogP contribution is 2.19. The first-order valence-corrected chi connectivity index (χ1v) is 6.51. The summed E-state index contributed by atoms with van der Waals surface area (Å²) in [4.78, 5) is 12.9. The Morgan fingerprint density at radius 2 is 1.85 bits per heavy atom. The van der Waals surface area contributed by atoms with Gasteiger partial charge in [0, 0.05) is 31.9 Å². The zero-order chi connectivity index (χ0) is 14.5. The van der Waals surface area contributed by atoms with E-state index in [-0.39, 0.29) is 0 Å². The molecule has 0 aromatic carbocycles. The van der Waals surface area contributed by atoms with Crippen molar-refractivity contribution in [2.45, 2.75) is 33.6 Å². The topological polar surface area (TPSA) is 115 Å². The van der Waals surface area contributed by atoms with E-state index in [0.717, 1.165) is 23.6 Å². The summed E-state index contributed by atoms with van der Waals surface area (Å²) in [6, 6.07) is 0. The van der Waals surface area contributed by atoms with Gasteiger partial charge in [-0.2, -0.15) is 4.98 Å². The van der Waals surface area contributed by atoms with Crippen molar-refractivity contribution in [2.24, 2.45) is 5.84 Å². The number of hydrogen-bond donors (Lipinski definition) is 3. The Bertz CT molecular complexity index is 581. The molecule has 0 amide bonds. The van der Waals surface area contributed by atoms with Crippen LogP contribution in [0, 0.1) is 13.8 Å². The second kappa shape index (κ2) is 6.29. The van der Waals surface area contributed by atoms with Crippen molar-refractivity contribution >= 4 is 11.6 Å². The van der Waals surface area contributed by atoms with Crippen LogP contribution in [0.2, 0.25) is 0 Å². The maximum Gasteiger partial charge on any atom is 0.223 e. The summed E-state index contributed by atoms with van der Waals surface area (Å²) in [5, 5.41) is 7.10. The van der Waals surface area contributed by atoms with E-state index in [1.165, 1.54) is 0 Å². The van der Waals surface area contributed by atoms with E-state index in [1.54, 1.807) is 6.92 Å². The van der Waals surface area contributed by atoms with Crippen molar-refractivity contribution < 1.29 is 4.52 Å². The fraction of sp³-hybridized carbons (Fsp3) is 0.500. The van der Waals surface area contributed by atoms with Gasteiger partial charge in [0.25, 0.3) is 0 Å². The molecule has 0 bridgehead atoms. The van der Waals surface area contributed by atoms with Crippen molar-refractivity contribution in [3.63, 3.8) is 0 Å². The Morgan fingerprint density at radius 1 is 1.10 bits per heavy atom. The predicted octanol–water partition coefficient (Wildman–Crippen LogP) is 0.979. The average Bonchev–Trinajstić information content (AvgIpc) is 2.86. The first-order valence-electron chi connectivity index (χ1n) is 6.51. The van der Waals surface area contributed by atoms with Gasteiger partial charge >= 0.3 is 0 Å². The monoisotopic (exact) mass is 277 g/mol. The lowest BCUT2D eigenvalue weighted by atomic mass is 10.3. The van der Waals surface area contributed by atoms with E-state index >= 15 is 0 Å². The Labute approximate surface area is 117 Å². The van der Waals surface area contributed by atoms with Crippen LogP contribution in [-0.2, 0) is 12.8 Å². The normalized spacial score (nSPS) is 10.6. The number of nitrogens with two attached hydrogens (primary N) is 1. The van der Waals surface area contributed by atoms with Gasteiger partial charge in [0.1, 0.15) is 17.5 Å². The summed E-state index contributed by atoms with van der Waals surface area (Å²) in [5.41, 5.74) is 3.47. The molecule has 2 aromatic rings. The first-order chi connectivity index (χ1) is 9.63. The van der Waals surface area contributed by atoms with Crippen LogP contribution in [0.15, 0.2) is 4.52 Å². The highest BCUT2D eigenvalue weighted by molar-refractivity contribution is 5.56. The molecule has 0 spiro atoms. The number of nitrogens with one attached hydrogen (secondary N) is 2. The fourth-order valence-electron chi connectivity index (χ4n) is 1.77. The maximum absolute atomic E-state index is 5.47. The molecule has 0 saturated carbocycles. The molecule has 0 atom stereocenters. The maximum atomic E-state index is 5.47. The highest BCUT2D eigenvalue weighted by Gasteiger charge is 2.09. The van der Waals surface area contributed by atoms with Gasteiger partial charge in [-0.05, 0) is 6.92 Å². The van der Waals surface area contributed by atoms with Crippen molar-refractivity contribution in [3.05, 3.63) is 23.1 Å². The molecule has 2 rings (SSSR count). The van der Waals surface area contributed by atoms with Crippen molar-refractivity contribution in [1.29, 1.82) is 0 Å². The van der Waals surface area contributed by atoms with Crippen LogP contribution in [0.25, 0.3) is 0 Å². The first kappa shape index (κ1) is 14.2. The molecule has 0 unspecified atom stereocenters. The molecule has 2 heterocycles. The van der Waals surface area contributed by atoms with Crippen molar-refractivity contribution in [1.82, 2.24) is 20.1 Å². The van der Waals surface area contributed by atoms with Crippen LogP contribution in [0.4, 0.5) is 11.6 Å². The summed E-state index contributed by atoms with van der Waals surface area (Å²) < 4.78 is 4.92.